The van der Waals surface area contributed by atoms with Crippen molar-refractivity contribution >= 4 is 42.7 Å². The van der Waals surface area contributed by atoms with Gasteiger partial charge in [0.2, 0.25) is 5.75 Å². The minimum Gasteiger partial charge on any atom is -0.493 e. The summed E-state index contributed by atoms with van der Waals surface area (Å²) in [4.78, 5) is 34.2. The lowest BCUT2D eigenvalue weighted by Gasteiger charge is -2.47. The molecule has 34 heavy (non-hydrogen) atoms. The van der Waals surface area contributed by atoms with Crippen molar-refractivity contribution in [1.82, 2.24) is 0 Å². The molecule has 3 rings (SSSR count). The molecule has 192 valence electrons. The van der Waals surface area contributed by atoms with Crippen molar-refractivity contribution in [2.75, 3.05) is 21.3 Å². The van der Waals surface area contributed by atoms with Gasteiger partial charge in [0, 0.05) is 38.2 Å². The second kappa shape index (κ2) is 12.5. The molecule has 2 unspecified atom stereocenters. The normalized spacial score (nSPS) is 24.8. The van der Waals surface area contributed by atoms with Gasteiger partial charge >= 0.3 is 17.9 Å². The number of quaternary nitrogens is 1. The van der Waals surface area contributed by atoms with Gasteiger partial charge in [0.05, 0.1) is 46.2 Å². The highest BCUT2D eigenvalue weighted by molar-refractivity contribution is 5.85. The maximum atomic E-state index is 12.0. The van der Waals surface area contributed by atoms with Crippen molar-refractivity contribution < 1.29 is 42.9 Å². The predicted octanol–water partition coefficient (Wildman–Crippen LogP) is 3.52. The number of esters is 2. The van der Waals surface area contributed by atoms with Crippen LogP contribution in [-0.4, -0.2) is 67.0 Å². The van der Waals surface area contributed by atoms with Crippen LogP contribution in [0.2, 0.25) is 0 Å². The number of methoxy groups -OCH3 is 2. The topological polar surface area (TPSA) is 108 Å². The SMILES string of the molecule is COc1cc(C[N+]2(C)[C@@H]3CC[C@H]2CC(OC(=O)CCC(=O)O)C3)cc(OC)c1OC(C)=O.Cl.Cl. The number of carbonyl (C=O) groups excluding carboxylic acids is 2. The van der Waals surface area contributed by atoms with Crippen LogP contribution in [-0.2, 0) is 25.7 Å². The van der Waals surface area contributed by atoms with Gasteiger partial charge in [0.25, 0.3) is 0 Å². The molecule has 1 aromatic rings. The second-order valence-corrected chi connectivity index (χ2v) is 8.79. The van der Waals surface area contributed by atoms with Crippen LogP contribution in [0.25, 0.3) is 0 Å². The Bertz CT molecular complexity index is 855. The average molecular weight is 523 g/mol. The van der Waals surface area contributed by atoms with Crippen molar-refractivity contribution in [1.29, 1.82) is 0 Å². The average Bonchev–Trinajstić information content (AvgIpc) is 2.90. The van der Waals surface area contributed by atoms with Crippen LogP contribution in [0, 0.1) is 0 Å². The van der Waals surface area contributed by atoms with Gasteiger partial charge in [0.1, 0.15) is 12.6 Å². The van der Waals surface area contributed by atoms with E-state index in [1.165, 1.54) is 21.1 Å². The number of piperidine rings is 1. The van der Waals surface area contributed by atoms with E-state index >= 15 is 0 Å². The lowest BCUT2D eigenvalue weighted by molar-refractivity contribution is -0.961. The number of nitrogens with zero attached hydrogens (tertiary/aromatic N) is 1. The number of rotatable bonds is 9. The van der Waals surface area contributed by atoms with Gasteiger partial charge < -0.3 is 28.5 Å². The second-order valence-electron chi connectivity index (χ2n) is 8.79. The standard InChI is InChI=1S/C23H31NO8.2ClH/c1-14(25)31-23-19(29-3)9-15(10-20(23)30-4)13-24(2)16-5-6-17(24)12-18(11-16)32-22(28)8-7-21(26)27;;/h9-10,16-18H,5-8,11-13H2,1-4H3;2*1H/p+1/t16-,17+,18?,24?;;. The highest BCUT2D eigenvalue weighted by atomic mass is 35.5. The molecular weight excluding hydrogens is 489 g/mol. The lowest BCUT2D eigenvalue weighted by Crippen LogP contribution is -2.58. The van der Waals surface area contributed by atoms with E-state index in [-0.39, 0.29) is 49.5 Å². The number of fused-ring (bicyclic) bond motifs is 2. The van der Waals surface area contributed by atoms with Crippen LogP contribution in [0.4, 0.5) is 0 Å². The number of benzene rings is 1. The van der Waals surface area contributed by atoms with Gasteiger partial charge in [0.15, 0.2) is 11.5 Å². The lowest BCUT2D eigenvalue weighted by atomic mass is 9.95. The summed E-state index contributed by atoms with van der Waals surface area (Å²) in [5.41, 5.74) is 1.01. The third-order valence-electron chi connectivity index (χ3n) is 6.70. The minimum atomic E-state index is -1.000. The van der Waals surface area contributed by atoms with Gasteiger partial charge in [-0.15, -0.1) is 24.8 Å². The van der Waals surface area contributed by atoms with E-state index in [2.05, 4.69) is 7.05 Å². The van der Waals surface area contributed by atoms with E-state index in [4.69, 9.17) is 24.1 Å². The Balaban J connectivity index is 0.00000289. The Morgan fingerprint density at radius 1 is 1.00 bits per heavy atom. The Kier molecular flexibility index (Phi) is 10.9. The summed E-state index contributed by atoms with van der Waals surface area (Å²) in [6.07, 6.45) is 3.13. The largest absolute Gasteiger partial charge is 0.493 e. The highest BCUT2D eigenvalue weighted by Gasteiger charge is 2.52. The molecule has 4 atom stereocenters. The predicted molar refractivity (Wildman–Crippen MR) is 128 cm³/mol. The number of carboxylic acids is 1. The quantitative estimate of drug-likeness (QED) is 0.298. The molecule has 2 aliphatic rings. The molecule has 2 fully saturated rings. The monoisotopic (exact) mass is 522 g/mol. The van der Waals surface area contributed by atoms with Crippen LogP contribution in [0.3, 0.4) is 0 Å². The van der Waals surface area contributed by atoms with Crippen molar-refractivity contribution in [2.45, 2.75) is 70.2 Å². The van der Waals surface area contributed by atoms with E-state index in [0.29, 0.717) is 23.6 Å². The molecule has 0 saturated carbocycles. The van der Waals surface area contributed by atoms with Crippen LogP contribution in [0.15, 0.2) is 12.1 Å². The molecular formula is C23H34Cl2NO8+. The molecule has 1 aromatic carbocycles. The fourth-order valence-corrected chi connectivity index (χ4v) is 5.16. The molecule has 2 aliphatic heterocycles. The van der Waals surface area contributed by atoms with E-state index < -0.39 is 17.9 Å². The van der Waals surface area contributed by atoms with Gasteiger partial charge in [-0.1, -0.05) is 0 Å². The third-order valence-corrected chi connectivity index (χ3v) is 6.70. The zero-order valence-electron chi connectivity index (χ0n) is 19.9. The summed E-state index contributed by atoms with van der Waals surface area (Å²) in [7, 11) is 5.27. The fourth-order valence-electron chi connectivity index (χ4n) is 5.16. The molecule has 0 amide bonds. The first kappa shape index (κ1) is 29.8. The van der Waals surface area contributed by atoms with Crippen LogP contribution < -0.4 is 14.2 Å². The highest BCUT2D eigenvalue weighted by Crippen LogP contribution is 2.45. The van der Waals surface area contributed by atoms with Gasteiger partial charge in [-0.3, -0.25) is 14.4 Å². The maximum absolute atomic E-state index is 12.0. The number of ether oxygens (including phenoxy) is 4. The van der Waals surface area contributed by atoms with Crippen molar-refractivity contribution in [3.63, 3.8) is 0 Å². The molecule has 0 aromatic heterocycles. The number of halogens is 2. The molecule has 0 spiro atoms. The van der Waals surface area contributed by atoms with Crippen molar-refractivity contribution in [3.05, 3.63) is 17.7 Å². The fraction of sp³-hybridized carbons (Fsp3) is 0.609. The van der Waals surface area contributed by atoms with E-state index in [1.54, 1.807) is 0 Å². The number of carboxylic acid groups (broad SMARTS) is 1. The zero-order valence-corrected chi connectivity index (χ0v) is 21.5. The third kappa shape index (κ3) is 6.67. The number of aliphatic carboxylic acids is 1. The van der Waals surface area contributed by atoms with E-state index in [1.807, 2.05) is 12.1 Å². The maximum Gasteiger partial charge on any atom is 0.308 e. The molecule has 2 heterocycles. The molecule has 9 nitrogen and oxygen atoms in total. The Hall–Kier alpha value is -2.23. The molecule has 2 saturated heterocycles. The van der Waals surface area contributed by atoms with Crippen molar-refractivity contribution in [3.8, 4) is 17.2 Å². The Morgan fingerprint density at radius 2 is 1.53 bits per heavy atom. The smallest absolute Gasteiger partial charge is 0.308 e. The summed E-state index contributed by atoms with van der Waals surface area (Å²) in [5.74, 6) is -0.745. The van der Waals surface area contributed by atoms with Crippen molar-refractivity contribution in [2.24, 2.45) is 0 Å². The molecule has 0 radical (unpaired) electrons. The van der Waals surface area contributed by atoms with E-state index in [0.717, 1.165) is 42.3 Å². The first-order valence-corrected chi connectivity index (χ1v) is 10.9. The zero-order chi connectivity index (χ0) is 23.5. The molecule has 2 bridgehead atoms. The molecule has 1 N–H and O–H groups in total. The van der Waals surface area contributed by atoms with Gasteiger partial charge in [-0.25, -0.2) is 0 Å². The number of hydrogen-bond acceptors (Lipinski definition) is 7. The van der Waals surface area contributed by atoms with Crippen LogP contribution in [0.5, 0.6) is 17.2 Å². The van der Waals surface area contributed by atoms with Gasteiger partial charge in [-0.05, 0) is 12.1 Å². The van der Waals surface area contributed by atoms with E-state index in [9.17, 15) is 14.4 Å². The first-order valence-electron chi connectivity index (χ1n) is 10.9. The van der Waals surface area contributed by atoms with Crippen LogP contribution >= 0.6 is 24.8 Å². The summed E-state index contributed by atoms with van der Waals surface area (Å²) >= 11 is 0. The summed E-state index contributed by atoms with van der Waals surface area (Å²) in [6.45, 7) is 2.07. The first-order chi connectivity index (χ1) is 15.2. The summed E-state index contributed by atoms with van der Waals surface area (Å²) in [5, 5.41) is 8.75. The van der Waals surface area contributed by atoms with Gasteiger partial charge in [-0.2, -0.15) is 0 Å². The molecule has 0 aliphatic carbocycles. The van der Waals surface area contributed by atoms with Crippen LogP contribution in [0.1, 0.15) is 51.0 Å². The minimum absolute atomic E-state index is 0. The Morgan fingerprint density at radius 3 is 1.97 bits per heavy atom. The summed E-state index contributed by atoms with van der Waals surface area (Å²) < 4.78 is 22.6. The Labute approximate surface area is 212 Å². The summed E-state index contributed by atoms with van der Waals surface area (Å²) in [6, 6.07) is 4.41. The number of hydrogen-bond donors (Lipinski definition) is 1. The number of carbonyl (C=O) groups is 3. The molecule has 11 heteroatoms.